The first-order valence-corrected chi connectivity index (χ1v) is 9.34. The molecule has 148 valence electrons. The molecule has 2 aliphatic heterocycles. The maximum absolute atomic E-state index is 11.2. The topological polar surface area (TPSA) is 106 Å². The van der Waals surface area contributed by atoms with Crippen LogP contribution in [0, 0.1) is 0 Å². The number of hydrogen-bond donors (Lipinski definition) is 1. The summed E-state index contributed by atoms with van der Waals surface area (Å²) >= 11 is 0. The van der Waals surface area contributed by atoms with Crippen molar-refractivity contribution in [2.24, 2.45) is 0 Å². The molecule has 0 aromatic carbocycles. The number of carbonyl (C=O) groups excluding carboxylic acids is 1. The molecule has 0 aliphatic carbocycles. The number of hydrogen-bond acceptors (Lipinski definition) is 9. The van der Waals surface area contributed by atoms with Crippen LogP contribution < -0.4 is 15.1 Å². The molecule has 10 nitrogen and oxygen atoms in total. The number of pyridine rings is 1. The van der Waals surface area contributed by atoms with Crippen LogP contribution in [0.5, 0.6) is 0 Å². The first-order valence-electron chi connectivity index (χ1n) is 9.34. The van der Waals surface area contributed by atoms with Crippen LogP contribution in [0.25, 0.3) is 11.4 Å². The lowest BCUT2D eigenvalue weighted by atomic mass is 10.2. The predicted molar refractivity (Wildman–Crippen MR) is 103 cm³/mol. The maximum atomic E-state index is 11.2. The highest BCUT2D eigenvalue weighted by atomic mass is 16.5. The van der Waals surface area contributed by atoms with Crippen LogP contribution in [0.3, 0.4) is 0 Å². The largest absolute Gasteiger partial charge is 0.378 e. The highest BCUT2D eigenvalue weighted by molar-refractivity contribution is 5.87. The smallest absolute Gasteiger partial charge is 0.230 e. The molecule has 1 N–H and O–H groups in total. The van der Waals surface area contributed by atoms with Crippen LogP contribution in [0.1, 0.15) is 6.92 Å². The van der Waals surface area contributed by atoms with Crippen LogP contribution >= 0.6 is 0 Å². The fraction of sp³-hybridized carbons (Fsp3) is 0.500. The van der Waals surface area contributed by atoms with Gasteiger partial charge in [-0.1, -0.05) is 0 Å². The van der Waals surface area contributed by atoms with Crippen molar-refractivity contribution in [2.45, 2.75) is 6.92 Å². The van der Waals surface area contributed by atoms with E-state index in [1.165, 1.54) is 6.92 Å². The van der Waals surface area contributed by atoms with Crippen molar-refractivity contribution in [1.29, 1.82) is 0 Å². The first kappa shape index (κ1) is 18.5. The van der Waals surface area contributed by atoms with Gasteiger partial charge in [0.15, 0.2) is 5.82 Å². The van der Waals surface area contributed by atoms with Crippen LogP contribution in [0.15, 0.2) is 18.3 Å². The third-order valence-corrected chi connectivity index (χ3v) is 4.53. The summed E-state index contributed by atoms with van der Waals surface area (Å²) in [6.07, 6.45) is 1.66. The summed E-state index contributed by atoms with van der Waals surface area (Å²) in [6, 6.07) is 3.59. The van der Waals surface area contributed by atoms with E-state index in [1.54, 1.807) is 12.3 Å². The minimum absolute atomic E-state index is 0.162. The number of rotatable bonds is 4. The van der Waals surface area contributed by atoms with E-state index in [0.29, 0.717) is 50.0 Å². The number of carbonyl (C=O) groups is 1. The van der Waals surface area contributed by atoms with Gasteiger partial charge >= 0.3 is 0 Å². The van der Waals surface area contributed by atoms with Gasteiger partial charge in [-0.05, 0) is 12.1 Å². The Kier molecular flexibility index (Phi) is 5.58. The highest BCUT2D eigenvalue weighted by Gasteiger charge is 2.21. The Bertz CT molecular complexity index is 782. The number of morpholine rings is 2. The lowest BCUT2D eigenvalue weighted by molar-refractivity contribution is -0.114. The van der Waals surface area contributed by atoms with Gasteiger partial charge in [-0.2, -0.15) is 15.0 Å². The SMILES string of the molecule is CC(=O)Nc1ccc(-c2nc(N3CCOCC3)nc(N3CCOCC3)n2)cn1. The highest BCUT2D eigenvalue weighted by Crippen LogP contribution is 2.23. The molecule has 4 rings (SSSR count). The van der Waals surface area contributed by atoms with E-state index in [9.17, 15) is 4.79 Å². The summed E-state index contributed by atoms with van der Waals surface area (Å²) < 4.78 is 10.9. The first-order chi connectivity index (χ1) is 13.7. The molecular weight excluding hydrogens is 362 g/mol. The minimum atomic E-state index is -0.162. The van der Waals surface area contributed by atoms with E-state index >= 15 is 0 Å². The minimum Gasteiger partial charge on any atom is -0.378 e. The Balaban J connectivity index is 1.67. The van der Waals surface area contributed by atoms with Gasteiger partial charge in [-0.3, -0.25) is 4.79 Å². The molecule has 28 heavy (non-hydrogen) atoms. The standard InChI is InChI=1S/C18H23N7O3/c1-13(26)20-15-3-2-14(12-19-15)16-21-17(24-4-8-27-9-5-24)23-18(22-16)25-6-10-28-11-7-25/h2-3,12H,4-11H2,1H3,(H,19,20,26). The molecule has 4 heterocycles. The Hall–Kier alpha value is -2.85. The molecule has 0 atom stereocenters. The zero-order valence-corrected chi connectivity index (χ0v) is 15.8. The number of nitrogens with one attached hydrogen (secondary N) is 1. The molecule has 0 unspecified atom stereocenters. The Morgan fingerprint density at radius 2 is 1.50 bits per heavy atom. The molecule has 2 aromatic heterocycles. The molecule has 0 spiro atoms. The summed E-state index contributed by atoms with van der Waals surface area (Å²) in [5.41, 5.74) is 0.764. The third-order valence-electron chi connectivity index (χ3n) is 4.53. The van der Waals surface area contributed by atoms with Gasteiger partial charge in [-0.15, -0.1) is 0 Å². The second-order valence-corrected chi connectivity index (χ2v) is 6.57. The van der Waals surface area contributed by atoms with Crippen LogP contribution in [-0.4, -0.2) is 78.4 Å². The van der Waals surface area contributed by atoms with Gasteiger partial charge in [0.1, 0.15) is 5.82 Å². The van der Waals surface area contributed by atoms with Crippen LogP contribution in [0.2, 0.25) is 0 Å². The summed E-state index contributed by atoms with van der Waals surface area (Å²) in [5, 5.41) is 2.66. The monoisotopic (exact) mass is 385 g/mol. The van der Waals surface area contributed by atoms with Gasteiger partial charge in [0.25, 0.3) is 0 Å². The lowest BCUT2D eigenvalue weighted by Crippen LogP contribution is -2.40. The maximum Gasteiger partial charge on any atom is 0.230 e. The van der Waals surface area contributed by atoms with Gasteiger partial charge in [0.2, 0.25) is 17.8 Å². The Morgan fingerprint density at radius 1 is 0.929 bits per heavy atom. The lowest BCUT2D eigenvalue weighted by Gasteiger charge is -2.30. The van der Waals surface area contributed by atoms with Crippen molar-refractivity contribution in [2.75, 3.05) is 67.7 Å². The fourth-order valence-electron chi connectivity index (χ4n) is 3.07. The number of nitrogens with zero attached hydrogens (tertiary/aromatic N) is 6. The predicted octanol–water partition coefficient (Wildman–Crippen LogP) is 0.565. The van der Waals surface area contributed by atoms with Crippen LogP contribution in [-0.2, 0) is 14.3 Å². The van der Waals surface area contributed by atoms with Gasteiger partial charge in [-0.25, -0.2) is 4.98 Å². The molecule has 0 saturated carbocycles. The zero-order chi connectivity index (χ0) is 19.3. The van der Waals surface area contributed by atoms with E-state index in [-0.39, 0.29) is 5.91 Å². The van der Waals surface area contributed by atoms with E-state index in [1.807, 2.05) is 6.07 Å². The van der Waals surface area contributed by atoms with Crippen molar-refractivity contribution in [3.8, 4) is 11.4 Å². The van der Waals surface area contributed by atoms with Crippen molar-refractivity contribution in [3.05, 3.63) is 18.3 Å². The van der Waals surface area contributed by atoms with Crippen molar-refractivity contribution >= 4 is 23.6 Å². The number of ether oxygens (including phenoxy) is 2. The van der Waals surface area contributed by atoms with E-state index in [0.717, 1.165) is 31.7 Å². The zero-order valence-electron chi connectivity index (χ0n) is 15.8. The quantitative estimate of drug-likeness (QED) is 0.808. The summed E-state index contributed by atoms with van der Waals surface area (Å²) in [5.74, 6) is 2.16. The summed E-state index contributed by atoms with van der Waals surface area (Å²) in [4.78, 5) is 33.7. The Labute approximate surface area is 162 Å². The molecular formula is C18H23N7O3. The number of aromatic nitrogens is 4. The Morgan fingerprint density at radius 3 is 1.96 bits per heavy atom. The fourth-order valence-corrected chi connectivity index (χ4v) is 3.07. The van der Waals surface area contributed by atoms with E-state index < -0.39 is 0 Å². The summed E-state index contributed by atoms with van der Waals surface area (Å²) in [6.45, 7) is 7.03. The second kappa shape index (κ2) is 8.44. The third kappa shape index (κ3) is 4.34. The van der Waals surface area contributed by atoms with Crippen LogP contribution in [0.4, 0.5) is 17.7 Å². The molecule has 10 heteroatoms. The molecule has 2 fully saturated rings. The van der Waals surface area contributed by atoms with E-state index in [2.05, 4.69) is 30.1 Å². The van der Waals surface area contributed by atoms with E-state index in [4.69, 9.17) is 14.5 Å². The molecule has 1 amide bonds. The second-order valence-electron chi connectivity index (χ2n) is 6.57. The normalized spacial score (nSPS) is 17.5. The van der Waals surface area contributed by atoms with Gasteiger partial charge in [0, 0.05) is 44.9 Å². The average Bonchev–Trinajstić information content (AvgIpc) is 2.75. The van der Waals surface area contributed by atoms with Gasteiger partial charge in [0.05, 0.1) is 26.4 Å². The van der Waals surface area contributed by atoms with Crippen molar-refractivity contribution < 1.29 is 14.3 Å². The molecule has 0 bridgehead atoms. The molecule has 2 saturated heterocycles. The summed E-state index contributed by atoms with van der Waals surface area (Å²) in [7, 11) is 0. The number of amides is 1. The average molecular weight is 385 g/mol. The molecule has 0 radical (unpaired) electrons. The van der Waals surface area contributed by atoms with Gasteiger partial charge < -0.3 is 24.6 Å². The van der Waals surface area contributed by atoms with Crippen molar-refractivity contribution in [1.82, 2.24) is 19.9 Å². The van der Waals surface area contributed by atoms with Crippen molar-refractivity contribution in [3.63, 3.8) is 0 Å². The molecule has 2 aromatic rings. The number of anilines is 3. The molecule has 2 aliphatic rings.